The van der Waals surface area contributed by atoms with E-state index in [0.717, 1.165) is 37.7 Å². The molecular formula is C21H28N4O8. The number of amides is 4. The molecule has 0 aromatic heterocycles. The zero-order chi connectivity index (χ0) is 24.6. The lowest BCUT2D eigenvalue weighted by molar-refractivity contribution is -0.159. The molecule has 0 bridgehead atoms. The number of ether oxygens (including phenoxy) is 1. The summed E-state index contributed by atoms with van der Waals surface area (Å²) < 4.78 is 5.35. The van der Waals surface area contributed by atoms with E-state index in [1.54, 1.807) is 13.8 Å². The van der Waals surface area contributed by atoms with Gasteiger partial charge >= 0.3 is 18.0 Å². The lowest BCUT2D eigenvalue weighted by atomic mass is 10.1. The van der Waals surface area contributed by atoms with Crippen LogP contribution < -0.4 is 15.5 Å². The van der Waals surface area contributed by atoms with Gasteiger partial charge in [0.05, 0.1) is 13.2 Å². The molecule has 33 heavy (non-hydrogen) atoms. The molecule has 0 saturated carbocycles. The molecule has 180 valence electrons. The van der Waals surface area contributed by atoms with E-state index in [1.807, 2.05) is 24.3 Å². The molecule has 2 heterocycles. The Kier molecular flexibility index (Phi) is 8.74. The molecule has 4 N–H and O–H groups in total. The van der Waals surface area contributed by atoms with Gasteiger partial charge in [-0.15, -0.1) is 0 Å². The number of urea groups is 1. The normalized spacial score (nSPS) is 17.0. The van der Waals surface area contributed by atoms with Crippen LogP contribution in [0.5, 0.6) is 0 Å². The minimum atomic E-state index is -1.82. The summed E-state index contributed by atoms with van der Waals surface area (Å²) in [6.07, 6.45) is 0.662. The fourth-order valence-electron chi connectivity index (χ4n) is 3.22. The number of anilines is 2. The van der Waals surface area contributed by atoms with Crippen LogP contribution in [0.2, 0.25) is 0 Å². The van der Waals surface area contributed by atoms with Crippen LogP contribution in [0.25, 0.3) is 0 Å². The Hall–Kier alpha value is -3.67. The van der Waals surface area contributed by atoms with Crippen molar-refractivity contribution in [1.29, 1.82) is 0 Å². The molecule has 12 nitrogen and oxygen atoms in total. The third-order valence-electron chi connectivity index (χ3n) is 4.94. The van der Waals surface area contributed by atoms with Gasteiger partial charge in [-0.25, -0.2) is 14.4 Å². The van der Waals surface area contributed by atoms with Crippen LogP contribution in [0, 0.1) is 0 Å². The van der Waals surface area contributed by atoms with Gasteiger partial charge in [0.15, 0.2) is 0 Å². The molecule has 2 aliphatic rings. The maximum Gasteiger partial charge on any atom is 0.414 e. The van der Waals surface area contributed by atoms with Gasteiger partial charge < -0.3 is 30.5 Å². The molecule has 0 radical (unpaired) electrons. The molecule has 0 aliphatic carbocycles. The minimum Gasteiger partial charge on any atom is -0.473 e. The van der Waals surface area contributed by atoms with Crippen LogP contribution in [0.3, 0.4) is 0 Å². The van der Waals surface area contributed by atoms with Crippen LogP contribution in [-0.4, -0.2) is 83.3 Å². The molecular weight excluding hydrogens is 436 g/mol. The van der Waals surface area contributed by atoms with Crippen LogP contribution in [-0.2, 0) is 23.9 Å². The Morgan fingerprint density at radius 2 is 1.64 bits per heavy atom. The molecule has 0 spiro atoms. The summed E-state index contributed by atoms with van der Waals surface area (Å²) in [7, 11) is 0. The predicted octanol–water partition coefficient (Wildman–Crippen LogP) is 0.728. The van der Waals surface area contributed by atoms with Crippen LogP contribution in [0.4, 0.5) is 16.2 Å². The number of morpholine rings is 1. The Balaban J connectivity index is 0.000000569. The summed E-state index contributed by atoms with van der Waals surface area (Å²) in [5, 5.41) is 20.3. The topological polar surface area (TPSA) is 166 Å². The second-order valence-electron chi connectivity index (χ2n) is 7.92. The second-order valence-corrected chi connectivity index (χ2v) is 7.92. The number of carboxylic acids is 2. The Labute approximate surface area is 190 Å². The fourth-order valence-corrected chi connectivity index (χ4v) is 3.22. The predicted molar refractivity (Wildman–Crippen MR) is 117 cm³/mol. The van der Waals surface area contributed by atoms with E-state index in [0.29, 0.717) is 6.42 Å². The van der Waals surface area contributed by atoms with Gasteiger partial charge in [0.2, 0.25) is 5.91 Å². The summed E-state index contributed by atoms with van der Waals surface area (Å²) in [6, 6.07) is 7.32. The minimum absolute atomic E-state index is 0.138. The number of hydrogen-bond acceptors (Lipinski definition) is 7. The number of aliphatic carboxylic acids is 2. The number of carbonyl (C=O) groups excluding carboxylic acids is 3. The number of carboxylic acid groups (broad SMARTS) is 2. The molecule has 2 fully saturated rings. The number of imide groups is 1. The maximum atomic E-state index is 12.1. The van der Waals surface area contributed by atoms with E-state index in [9.17, 15) is 14.4 Å². The van der Waals surface area contributed by atoms with E-state index >= 15 is 0 Å². The zero-order valence-corrected chi connectivity index (χ0v) is 18.5. The Morgan fingerprint density at radius 1 is 1.06 bits per heavy atom. The average molecular weight is 464 g/mol. The van der Waals surface area contributed by atoms with Gasteiger partial charge in [-0.1, -0.05) is 0 Å². The first-order valence-corrected chi connectivity index (χ1v) is 10.3. The highest BCUT2D eigenvalue weighted by atomic mass is 16.5. The summed E-state index contributed by atoms with van der Waals surface area (Å²) in [4.78, 5) is 57.6. The van der Waals surface area contributed by atoms with Crippen LogP contribution in [0.1, 0.15) is 26.7 Å². The van der Waals surface area contributed by atoms with Gasteiger partial charge in [-0.2, -0.15) is 0 Å². The first-order chi connectivity index (χ1) is 15.5. The number of rotatable bonds is 6. The number of nitrogens with zero attached hydrogens (tertiary/aromatic N) is 2. The molecule has 3 rings (SSSR count). The largest absolute Gasteiger partial charge is 0.473 e. The van der Waals surface area contributed by atoms with Crippen LogP contribution >= 0.6 is 0 Å². The SMILES string of the molecule is CC1(C)NC(=O)N(CCCC(=O)Nc2ccc(N3CCOCC3)cc2)C1=O.O=C(O)C(=O)O. The van der Waals surface area contributed by atoms with Crippen molar-refractivity contribution in [2.24, 2.45) is 0 Å². The second kappa shape index (κ2) is 11.3. The van der Waals surface area contributed by atoms with Crippen LogP contribution in [0.15, 0.2) is 24.3 Å². The van der Waals surface area contributed by atoms with E-state index in [1.165, 1.54) is 4.90 Å². The number of carbonyl (C=O) groups is 5. The van der Waals surface area contributed by atoms with Gasteiger partial charge in [0, 0.05) is 37.4 Å². The third-order valence-corrected chi connectivity index (χ3v) is 4.94. The van der Waals surface area contributed by atoms with Crippen molar-refractivity contribution >= 4 is 41.2 Å². The lowest BCUT2D eigenvalue weighted by Crippen LogP contribution is -2.40. The van der Waals surface area contributed by atoms with E-state index in [4.69, 9.17) is 24.5 Å². The summed E-state index contributed by atoms with van der Waals surface area (Å²) >= 11 is 0. The number of benzene rings is 1. The average Bonchev–Trinajstić information content (AvgIpc) is 2.96. The summed E-state index contributed by atoms with van der Waals surface area (Å²) in [5.74, 6) is -4.04. The standard InChI is InChI=1S/C19H26N4O4.C2H2O4/c1-19(2)17(25)23(18(26)21-19)9-3-4-16(24)20-14-5-7-15(8-6-14)22-10-12-27-13-11-22;3-1(4)2(5)6/h5-8H,3-4,9-13H2,1-2H3,(H,20,24)(H,21,26);(H,3,4)(H,5,6). The van der Waals surface area contributed by atoms with Crippen molar-refractivity contribution in [2.45, 2.75) is 32.2 Å². The number of hydrogen-bond donors (Lipinski definition) is 4. The quantitative estimate of drug-likeness (QED) is 0.351. The summed E-state index contributed by atoms with van der Waals surface area (Å²) in [6.45, 7) is 6.76. The van der Waals surface area contributed by atoms with Crippen molar-refractivity contribution in [2.75, 3.05) is 43.1 Å². The summed E-state index contributed by atoms with van der Waals surface area (Å²) in [5.41, 5.74) is 0.965. The van der Waals surface area contributed by atoms with E-state index in [-0.39, 0.29) is 24.8 Å². The smallest absolute Gasteiger partial charge is 0.414 e. The van der Waals surface area contributed by atoms with Gasteiger partial charge in [-0.3, -0.25) is 14.5 Å². The van der Waals surface area contributed by atoms with E-state index in [2.05, 4.69) is 15.5 Å². The van der Waals surface area contributed by atoms with E-state index < -0.39 is 23.5 Å². The fraction of sp³-hybridized carbons (Fsp3) is 0.476. The molecule has 2 aliphatic heterocycles. The van der Waals surface area contributed by atoms with Gasteiger partial charge in [0.1, 0.15) is 5.54 Å². The zero-order valence-electron chi connectivity index (χ0n) is 18.5. The Morgan fingerprint density at radius 3 is 2.12 bits per heavy atom. The van der Waals surface area contributed by atoms with Gasteiger partial charge in [0.25, 0.3) is 5.91 Å². The molecule has 12 heteroatoms. The molecule has 0 atom stereocenters. The maximum absolute atomic E-state index is 12.1. The lowest BCUT2D eigenvalue weighted by Gasteiger charge is -2.28. The first-order valence-electron chi connectivity index (χ1n) is 10.3. The molecule has 4 amide bonds. The highest BCUT2D eigenvalue weighted by molar-refractivity contribution is 6.27. The monoisotopic (exact) mass is 464 g/mol. The highest BCUT2D eigenvalue weighted by Gasteiger charge is 2.43. The Bertz CT molecular complexity index is 882. The molecule has 2 saturated heterocycles. The van der Waals surface area contributed by atoms with Crippen molar-refractivity contribution in [3.63, 3.8) is 0 Å². The van der Waals surface area contributed by atoms with Crippen molar-refractivity contribution < 1.29 is 38.9 Å². The van der Waals surface area contributed by atoms with Crippen molar-refractivity contribution in [1.82, 2.24) is 10.2 Å². The van der Waals surface area contributed by atoms with Crippen molar-refractivity contribution in [3.05, 3.63) is 24.3 Å². The van der Waals surface area contributed by atoms with Gasteiger partial charge in [-0.05, 0) is 44.5 Å². The molecule has 0 unspecified atom stereocenters. The third kappa shape index (κ3) is 7.45. The van der Waals surface area contributed by atoms with Crippen molar-refractivity contribution in [3.8, 4) is 0 Å². The number of nitrogens with one attached hydrogen (secondary N) is 2. The molecule has 1 aromatic rings. The highest BCUT2D eigenvalue weighted by Crippen LogP contribution is 2.20. The first kappa shape index (κ1) is 25.6. The molecule has 1 aromatic carbocycles.